The van der Waals surface area contributed by atoms with Gasteiger partial charge in [-0.15, -0.1) is 0 Å². The highest BCUT2D eigenvalue weighted by Crippen LogP contribution is 2.31. The minimum absolute atomic E-state index is 0.0664. The van der Waals surface area contributed by atoms with Gasteiger partial charge in [0.15, 0.2) is 0 Å². The van der Waals surface area contributed by atoms with Crippen LogP contribution in [0.4, 0.5) is 17.6 Å². The van der Waals surface area contributed by atoms with Gasteiger partial charge in [0.25, 0.3) is 0 Å². The molecule has 0 heterocycles. The van der Waals surface area contributed by atoms with Crippen molar-refractivity contribution in [2.45, 2.75) is 31.6 Å². The van der Waals surface area contributed by atoms with Gasteiger partial charge in [0.1, 0.15) is 5.67 Å². The summed E-state index contributed by atoms with van der Waals surface area (Å²) in [5, 5.41) is 0. The fourth-order valence-corrected chi connectivity index (χ4v) is 0.807. The molecule has 1 nitrogen and oxygen atoms in total. The molecule has 0 saturated heterocycles. The van der Waals surface area contributed by atoms with Crippen molar-refractivity contribution in [3.05, 3.63) is 0 Å². The van der Waals surface area contributed by atoms with Crippen LogP contribution in [0.5, 0.6) is 0 Å². The zero-order chi connectivity index (χ0) is 9.12. The molecule has 0 aliphatic carbocycles. The largest absolute Gasteiger partial charge is 0.392 e. The summed E-state index contributed by atoms with van der Waals surface area (Å²) in [6, 6.07) is 0. The molecule has 1 unspecified atom stereocenters. The third-order valence-electron chi connectivity index (χ3n) is 1.23. The van der Waals surface area contributed by atoms with Crippen molar-refractivity contribution in [2.75, 3.05) is 6.54 Å². The van der Waals surface area contributed by atoms with Crippen LogP contribution < -0.4 is 5.73 Å². The van der Waals surface area contributed by atoms with E-state index in [1.165, 1.54) is 0 Å². The van der Waals surface area contributed by atoms with Crippen LogP contribution in [0.1, 0.15) is 19.8 Å². The Bertz CT molecular complexity index is 118. The van der Waals surface area contributed by atoms with Crippen molar-refractivity contribution < 1.29 is 17.6 Å². The lowest BCUT2D eigenvalue weighted by Gasteiger charge is -2.20. The quantitative estimate of drug-likeness (QED) is 0.649. The molecule has 0 rings (SSSR count). The smallest absolute Gasteiger partial charge is 0.330 e. The molecule has 0 radical (unpaired) electrons. The number of hydrogen-bond donors (Lipinski definition) is 1. The fraction of sp³-hybridized carbons (Fsp3) is 1.00. The van der Waals surface area contributed by atoms with Gasteiger partial charge >= 0.3 is 6.18 Å². The molecule has 0 bridgehead atoms. The average molecular weight is 173 g/mol. The first-order valence-electron chi connectivity index (χ1n) is 3.22. The van der Waals surface area contributed by atoms with Gasteiger partial charge in [0, 0.05) is 0 Å². The molecule has 11 heavy (non-hydrogen) atoms. The topological polar surface area (TPSA) is 26.0 Å². The predicted octanol–water partition coefficient (Wildman–Crippen LogP) is 2.02. The van der Waals surface area contributed by atoms with E-state index >= 15 is 0 Å². The lowest BCUT2D eigenvalue weighted by Crippen LogP contribution is -2.29. The van der Waals surface area contributed by atoms with Crippen LogP contribution in [0.2, 0.25) is 0 Å². The van der Waals surface area contributed by atoms with Crippen molar-refractivity contribution >= 4 is 0 Å². The van der Waals surface area contributed by atoms with Gasteiger partial charge < -0.3 is 5.73 Å². The Hall–Kier alpha value is -0.320. The van der Waals surface area contributed by atoms with E-state index in [2.05, 4.69) is 0 Å². The maximum Gasteiger partial charge on any atom is 0.392 e. The molecule has 0 fully saturated rings. The van der Waals surface area contributed by atoms with E-state index in [0.29, 0.717) is 0 Å². The first-order valence-corrected chi connectivity index (χ1v) is 3.22. The molecule has 68 valence electrons. The van der Waals surface area contributed by atoms with E-state index in [1.807, 2.05) is 0 Å². The molecule has 0 amide bonds. The normalized spacial score (nSPS) is 18.0. The predicted molar refractivity (Wildman–Crippen MR) is 33.9 cm³/mol. The fourth-order valence-electron chi connectivity index (χ4n) is 0.807. The minimum atomic E-state index is -4.45. The van der Waals surface area contributed by atoms with Crippen molar-refractivity contribution in [3.63, 3.8) is 0 Å². The number of hydrogen-bond acceptors (Lipinski definition) is 1. The molecule has 0 aromatic rings. The van der Waals surface area contributed by atoms with Crippen LogP contribution in [0.3, 0.4) is 0 Å². The van der Waals surface area contributed by atoms with Crippen molar-refractivity contribution in [1.82, 2.24) is 0 Å². The average Bonchev–Trinajstić information content (AvgIpc) is 1.55. The highest BCUT2D eigenvalue weighted by molar-refractivity contribution is 4.76. The van der Waals surface area contributed by atoms with Crippen molar-refractivity contribution in [1.29, 1.82) is 0 Å². The number of halogens is 4. The summed E-state index contributed by atoms with van der Waals surface area (Å²) in [6.45, 7) is 0.844. The monoisotopic (exact) mass is 173 g/mol. The number of alkyl halides is 4. The maximum atomic E-state index is 12.8. The molecule has 5 heteroatoms. The molecule has 0 aromatic heterocycles. The Morgan fingerprint density at radius 1 is 1.18 bits per heavy atom. The summed E-state index contributed by atoms with van der Waals surface area (Å²) in [4.78, 5) is 0. The third kappa shape index (κ3) is 6.09. The van der Waals surface area contributed by atoms with Gasteiger partial charge in [-0.3, -0.25) is 0 Å². The summed E-state index contributed by atoms with van der Waals surface area (Å²) in [6.07, 6.45) is -6.12. The summed E-state index contributed by atoms with van der Waals surface area (Å²) < 4.78 is 47.6. The standard InChI is InChI=1S/C6H11F4N/c1-5(7,2-3-11)4-6(8,9)10/h2-4,11H2,1H3. The Morgan fingerprint density at radius 2 is 1.64 bits per heavy atom. The molecule has 0 aliphatic rings. The van der Waals surface area contributed by atoms with Crippen LogP contribution in [-0.4, -0.2) is 18.4 Å². The molecule has 0 aliphatic heterocycles. The minimum Gasteiger partial charge on any atom is -0.330 e. The Labute approximate surface area is 62.6 Å². The molecular formula is C6H11F4N. The highest BCUT2D eigenvalue weighted by Gasteiger charge is 2.38. The van der Waals surface area contributed by atoms with Gasteiger partial charge in [0.05, 0.1) is 6.42 Å². The lowest BCUT2D eigenvalue weighted by molar-refractivity contribution is -0.159. The number of rotatable bonds is 3. The lowest BCUT2D eigenvalue weighted by atomic mass is 10.0. The van der Waals surface area contributed by atoms with Crippen molar-refractivity contribution in [2.24, 2.45) is 5.73 Å². The summed E-state index contributed by atoms with van der Waals surface area (Å²) >= 11 is 0. The van der Waals surface area contributed by atoms with Gasteiger partial charge in [-0.2, -0.15) is 13.2 Å². The molecule has 0 spiro atoms. The van der Waals surface area contributed by atoms with Crippen LogP contribution in [0, 0.1) is 0 Å². The van der Waals surface area contributed by atoms with E-state index in [4.69, 9.17) is 5.73 Å². The molecular weight excluding hydrogens is 162 g/mol. The summed E-state index contributed by atoms with van der Waals surface area (Å²) in [7, 11) is 0. The second kappa shape index (κ2) is 3.38. The van der Waals surface area contributed by atoms with E-state index in [-0.39, 0.29) is 13.0 Å². The first-order chi connectivity index (χ1) is 4.77. The van der Waals surface area contributed by atoms with Gasteiger partial charge in [-0.25, -0.2) is 4.39 Å². The zero-order valence-corrected chi connectivity index (χ0v) is 6.21. The molecule has 0 saturated carbocycles. The summed E-state index contributed by atoms with van der Waals surface area (Å²) in [5.74, 6) is 0. The van der Waals surface area contributed by atoms with Crippen LogP contribution in [0.15, 0.2) is 0 Å². The first kappa shape index (κ1) is 10.7. The molecule has 0 aromatic carbocycles. The zero-order valence-electron chi connectivity index (χ0n) is 6.21. The Kier molecular flexibility index (Phi) is 3.29. The van der Waals surface area contributed by atoms with E-state index in [1.54, 1.807) is 0 Å². The molecule has 1 atom stereocenters. The van der Waals surface area contributed by atoms with Crippen LogP contribution >= 0.6 is 0 Å². The highest BCUT2D eigenvalue weighted by atomic mass is 19.4. The van der Waals surface area contributed by atoms with Gasteiger partial charge in [-0.1, -0.05) is 0 Å². The van der Waals surface area contributed by atoms with Crippen LogP contribution in [0.25, 0.3) is 0 Å². The van der Waals surface area contributed by atoms with E-state index in [9.17, 15) is 17.6 Å². The molecule has 2 N–H and O–H groups in total. The van der Waals surface area contributed by atoms with E-state index in [0.717, 1.165) is 6.92 Å². The van der Waals surface area contributed by atoms with E-state index < -0.39 is 18.3 Å². The number of nitrogens with two attached hydrogens (primary N) is 1. The third-order valence-corrected chi connectivity index (χ3v) is 1.23. The SMILES string of the molecule is CC(F)(CCN)CC(F)(F)F. The van der Waals surface area contributed by atoms with Gasteiger partial charge in [0.2, 0.25) is 0 Å². The Balaban J connectivity index is 3.91. The van der Waals surface area contributed by atoms with Crippen molar-refractivity contribution in [3.8, 4) is 0 Å². The Morgan fingerprint density at radius 3 is 1.91 bits per heavy atom. The second-order valence-electron chi connectivity index (χ2n) is 2.74. The summed E-state index contributed by atoms with van der Waals surface area (Å²) in [5.41, 5.74) is 2.71. The van der Waals surface area contributed by atoms with Crippen LogP contribution in [-0.2, 0) is 0 Å². The maximum absolute atomic E-state index is 12.8. The second-order valence-corrected chi connectivity index (χ2v) is 2.74. The van der Waals surface area contributed by atoms with Gasteiger partial charge in [-0.05, 0) is 19.9 Å².